The lowest BCUT2D eigenvalue weighted by molar-refractivity contribution is 0.0825. The second kappa shape index (κ2) is 4.61. The number of nitriles is 1. The third-order valence-electron chi connectivity index (χ3n) is 3.69. The van der Waals surface area contributed by atoms with Gasteiger partial charge in [0.2, 0.25) is 0 Å². The van der Waals surface area contributed by atoms with E-state index in [0.29, 0.717) is 16.9 Å². The monoisotopic (exact) mass is 236 g/mol. The molecule has 98 valence electrons. The van der Waals surface area contributed by atoms with Crippen molar-refractivity contribution in [2.75, 3.05) is 6.54 Å². The molecule has 1 saturated carbocycles. The van der Waals surface area contributed by atoms with Gasteiger partial charge in [-0.1, -0.05) is 27.7 Å². The summed E-state index contributed by atoms with van der Waals surface area (Å²) in [6, 6.07) is 2.92. The van der Waals surface area contributed by atoms with Gasteiger partial charge in [-0.2, -0.15) is 5.26 Å². The highest BCUT2D eigenvalue weighted by Gasteiger charge is 2.38. The Kier molecular flexibility index (Phi) is 3.94. The van der Waals surface area contributed by atoms with Gasteiger partial charge < -0.3 is 5.32 Å². The molecule has 2 heteroatoms. The number of rotatable bonds is 3. The third-order valence-corrected chi connectivity index (χ3v) is 3.69. The van der Waals surface area contributed by atoms with E-state index < -0.39 is 0 Å². The topological polar surface area (TPSA) is 35.8 Å². The summed E-state index contributed by atoms with van der Waals surface area (Å²) in [6.45, 7) is 14.2. The second-order valence-corrected chi connectivity index (χ2v) is 7.99. The van der Waals surface area contributed by atoms with Crippen molar-refractivity contribution in [1.82, 2.24) is 5.32 Å². The Balaban J connectivity index is 2.58. The summed E-state index contributed by atoms with van der Waals surface area (Å²) in [6.07, 6.45) is 3.73. The van der Waals surface area contributed by atoms with Crippen molar-refractivity contribution < 1.29 is 0 Å². The van der Waals surface area contributed by atoms with Crippen LogP contribution in [0.3, 0.4) is 0 Å². The van der Waals surface area contributed by atoms with Crippen LogP contribution in [0.25, 0.3) is 0 Å². The molecule has 0 bridgehead atoms. The average Bonchev–Trinajstić information content (AvgIpc) is 2.10. The standard InChI is InChI=1S/C15H28N2/c1-13(2)7-12(8-14(3,4)9-13)17-11-15(5,6)10-16/h12,17H,7-9,11H2,1-6H3. The van der Waals surface area contributed by atoms with Crippen molar-refractivity contribution in [2.45, 2.75) is 66.8 Å². The molecule has 0 aromatic rings. The van der Waals surface area contributed by atoms with Crippen LogP contribution < -0.4 is 5.32 Å². The molecule has 17 heavy (non-hydrogen) atoms. The summed E-state index contributed by atoms with van der Waals surface area (Å²) in [7, 11) is 0. The maximum absolute atomic E-state index is 9.04. The molecule has 0 aliphatic heterocycles. The summed E-state index contributed by atoms with van der Waals surface area (Å²) in [5.74, 6) is 0. The molecule has 0 spiro atoms. The largest absolute Gasteiger partial charge is 0.312 e. The van der Waals surface area contributed by atoms with Crippen LogP contribution >= 0.6 is 0 Å². The smallest absolute Gasteiger partial charge is 0.0697 e. The van der Waals surface area contributed by atoms with E-state index in [9.17, 15) is 0 Å². The second-order valence-electron chi connectivity index (χ2n) is 7.99. The molecule has 0 unspecified atom stereocenters. The van der Waals surface area contributed by atoms with Crippen LogP contribution in [0.4, 0.5) is 0 Å². The van der Waals surface area contributed by atoms with Crippen LogP contribution in [0.2, 0.25) is 0 Å². The Morgan fingerprint density at radius 2 is 1.65 bits per heavy atom. The molecule has 0 amide bonds. The van der Waals surface area contributed by atoms with Gasteiger partial charge in [-0.05, 0) is 43.9 Å². The first kappa shape index (κ1) is 14.5. The fourth-order valence-electron chi connectivity index (χ4n) is 3.43. The van der Waals surface area contributed by atoms with E-state index in [0.717, 1.165) is 6.54 Å². The van der Waals surface area contributed by atoms with Gasteiger partial charge in [0.05, 0.1) is 11.5 Å². The molecule has 0 heterocycles. The van der Waals surface area contributed by atoms with E-state index >= 15 is 0 Å². The van der Waals surface area contributed by atoms with Crippen LogP contribution in [0.5, 0.6) is 0 Å². The normalized spacial score (nSPS) is 24.3. The number of nitrogens with zero attached hydrogens (tertiary/aromatic N) is 1. The molecular weight excluding hydrogens is 208 g/mol. The Morgan fingerprint density at radius 1 is 1.18 bits per heavy atom. The minimum absolute atomic E-state index is 0.258. The van der Waals surface area contributed by atoms with Gasteiger partial charge in [0.15, 0.2) is 0 Å². The zero-order valence-electron chi connectivity index (χ0n) is 12.4. The van der Waals surface area contributed by atoms with Crippen molar-refractivity contribution in [1.29, 1.82) is 5.26 Å². The molecule has 1 rings (SSSR count). The highest BCUT2D eigenvalue weighted by atomic mass is 14.9. The quantitative estimate of drug-likeness (QED) is 0.810. The van der Waals surface area contributed by atoms with Gasteiger partial charge in [-0.25, -0.2) is 0 Å². The Labute approximate surface area is 107 Å². The molecule has 0 aromatic heterocycles. The van der Waals surface area contributed by atoms with Crippen LogP contribution in [-0.2, 0) is 0 Å². The predicted octanol–water partition coefficient (Wildman–Crippen LogP) is 3.73. The number of nitrogens with one attached hydrogen (secondary N) is 1. The molecule has 1 aliphatic rings. The molecule has 1 N–H and O–H groups in total. The highest BCUT2D eigenvalue weighted by molar-refractivity contribution is 4.97. The first-order chi connectivity index (χ1) is 7.55. The zero-order valence-corrected chi connectivity index (χ0v) is 12.4. The first-order valence-electron chi connectivity index (χ1n) is 6.70. The van der Waals surface area contributed by atoms with E-state index in [1.54, 1.807) is 0 Å². The number of hydrogen-bond acceptors (Lipinski definition) is 2. The molecule has 2 nitrogen and oxygen atoms in total. The average molecular weight is 236 g/mol. The molecule has 1 aliphatic carbocycles. The fourth-order valence-corrected chi connectivity index (χ4v) is 3.43. The van der Waals surface area contributed by atoms with Gasteiger partial charge in [0.1, 0.15) is 0 Å². The van der Waals surface area contributed by atoms with E-state index in [4.69, 9.17) is 5.26 Å². The van der Waals surface area contributed by atoms with Crippen LogP contribution in [-0.4, -0.2) is 12.6 Å². The van der Waals surface area contributed by atoms with Crippen LogP contribution in [0, 0.1) is 27.6 Å². The van der Waals surface area contributed by atoms with Crippen molar-refractivity contribution in [2.24, 2.45) is 16.2 Å². The number of hydrogen-bond donors (Lipinski definition) is 1. The Hall–Kier alpha value is -0.550. The minimum atomic E-state index is -0.258. The molecule has 1 fully saturated rings. The maximum Gasteiger partial charge on any atom is 0.0697 e. The van der Waals surface area contributed by atoms with Gasteiger partial charge in [-0.15, -0.1) is 0 Å². The van der Waals surface area contributed by atoms with Gasteiger partial charge >= 0.3 is 0 Å². The molecule has 0 saturated heterocycles. The first-order valence-corrected chi connectivity index (χ1v) is 6.70. The van der Waals surface area contributed by atoms with Gasteiger partial charge in [0.25, 0.3) is 0 Å². The highest BCUT2D eigenvalue weighted by Crippen LogP contribution is 2.45. The van der Waals surface area contributed by atoms with Crippen molar-refractivity contribution in [3.63, 3.8) is 0 Å². The lowest BCUT2D eigenvalue weighted by Crippen LogP contribution is -2.46. The summed E-state index contributed by atoms with van der Waals surface area (Å²) in [5.41, 5.74) is 0.568. The maximum atomic E-state index is 9.04. The Morgan fingerprint density at radius 3 is 2.06 bits per heavy atom. The summed E-state index contributed by atoms with van der Waals surface area (Å²) >= 11 is 0. The Bertz CT molecular complexity index is 291. The molecular formula is C15H28N2. The third kappa shape index (κ3) is 4.68. The van der Waals surface area contributed by atoms with Crippen LogP contribution in [0.1, 0.15) is 60.8 Å². The van der Waals surface area contributed by atoms with Crippen molar-refractivity contribution in [3.05, 3.63) is 0 Å². The van der Waals surface area contributed by atoms with Gasteiger partial charge in [0, 0.05) is 12.6 Å². The summed E-state index contributed by atoms with van der Waals surface area (Å²) in [4.78, 5) is 0. The predicted molar refractivity (Wildman–Crippen MR) is 72.6 cm³/mol. The summed E-state index contributed by atoms with van der Waals surface area (Å²) in [5, 5.41) is 12.6. The molecule has 0 aromatic carbocycles. The lowest BCUT2D eigenvalue weighted by atomic mass is 9.63. The zero-order chi connectivity index (χ0) is 13.3. The molecule has 0 radical (unpaired) electrons. The van der Waals surface area contributed by atoms with E-state index in [2.05, 4.69) is 39.1 Å². The van der Waals surface area contributed by atoms with Crippen molar-refractivity contribution >= 4 is 0 Å². The summed E-state index contributed by atoms with van der Waals surface area (Å²) < 4.78 is 0. The van der Waals surface area contributed by atoms with E-state index in [1.165, 1.54) is 19.3 Å². The molecule has 0 atom stereocenters. The van der Waals surface area contributed by atoms with Crippen LogP contribution in [0.15, 0.2) is 0 Å². The van der Waals surface area contributed by atoms with E-state index in [-0.39, 0.29) is 5.41 Å². The lowest BCUT2D eigenvalue weighted by Gasteiger charge is -2.45. The fraction of sp³-hybridized carbons (Fsp3) is 0.933. The SMILES string of the molecule is CC(C)(C#N)CNC1CC(C)(C)CC(C)(C)C1. The van der Waals surface area contributed by atoms with Gasteiger partial charge in [-0.3, -0.25) is 0 Å². The van der Waals surface area contributed by atoms with E-state index in [1.807, 2.05) is 13.8 Å². The minimum Gasteiger partial charge on any atom is -0.312 e. The van der Waals surface area contributed by atoms with Crippen molar-refractivity contribution in [3.8, 4) is 6.07 Å².